The van der Waals surface area contributed by atoms with Crippen molar-refractivity contribution in [3.8, 4) is 0 Å². The first kappa shape index (κ1) is 17.9. The Morgan fingerprint density at radius 1 is 1.14 bits per heavy atom. The normalized spacial score (nSPS) is 17.1. The highest BCUT2D eigenvalue weighted by molar-refractivity contribution is 7.99. The summed E-state index contributed by atoms with van der Waals surface area (Å²) in [4.78, 5) is 19.1. The molecule has 0 spiro atoms. The average Bonchev–Trinajstić information content (AvgIpc) is 3.40. The Hall–Kier alpha value is -2.14. The van der Waals surface area contributed by atoms with E-state index in [1.54, 1.807) is 28.6 Å². The number of piperidine rings is 1. The lowest BCUT2D eigenvalue weighted by Gasteiger charge is -2.25. The second-order valence-electron chi connectivity index (χ2n) is 6.42. The first-order valence-electron chi connectivity index (χ1n) is 9.00. The third-order valence-corrected chi connectivity index (χ3v) is 6.72. The standard InChI is InChI=1S/C18H17N7S3/c1-2-6-19-13(3-1)12-8-20-18(24-16(12)23-17-22-10-27-25-17)28-11-4-5-14-15(7-11)26-9-21-14/h4-5,7-10,13,19H,1-3,6H2,(H,20,23,24,25). The summed E-state index contributed by atoms with van der Waals surface area (Å²) in [6.07, 6.45) is 5.43. The van der Waals surface area contributed by atoms with Gasteiger partial charge in [0.15, 0.2) is 5.16 Å². The van der Waals surface area contributed by atoms with Crippen LogP contribution in [0.4, 0.5) is 11.8 Å². The Labute approximate surface area is 174 Å². The zero-order valence-corrected chi connectivity index (χ0v) is 17.3. The molecule has 7 nitrogen and oxygen atoms in total. The van der Waals surface area contributed by atoms with E-state index in [2.05, 4.69) is 42.1 Å². The van der Waals surface area contributed by atoms with Crippen molar-refractivity contribution in [3.63, 3.8) is 0 Å². The monoisotopic (exact) mass is 427 g/mol. The number of hydrogen-bond donors (Lipinski definition) is 2. The van der Waals surface area contributed by atoms with Gasteiger partial charge in [-0.15, -0.1) is 11.3 Å². The number of nitrogens with zero attached hydrogens (tertiary/aromatic N) is 5. The van der Waals surface area contributed by atoms with Crippen molar-refractivity contribution >= 4 is 56.6 Å². The molecule has 1 aliphatic rings. The Bertz CT molecular complexity index is 1070. The fraction of sp³-hybridized carbons (Fsp3) is 0.278. The van der Waals surface area contributed by atoms with E-state index in [9.17, 15) is 0 Å². The topological polar surface area (TPSA) is 88.5 Å². The molecule has 0 bridgehead atoms. The molecule has 3 aromatic heterocycles. The molecule has 2 N–H and O–H groups in total. The van der Waals surface area contributed by atoms with Gasteiger partial charge in [-0.05, 0) is 60.9 Å². The number of benzene rings is 1. The molecule has 10 heteroatoms. The van der Waals surface area contributed by atoms with Gasteiger partial charge in [0.05, 0.1) is 15.7 Å². The van der Waals surface area contributed by atoms with Gasteiger partial charge in [-0.1, -0.05) is 6.42 Å². The van der Waals surface area contributed by atoms with Gasteiger partial charge >= 0.3 is 0 Å². The highest BCUT2D eigenvalue weighted by Crippen LogP contribution is 2.33. The van der Waals surface area contributed by atoms with Crippen LogP contribution < -0.4 is 10.6 Å². The summed E-state index contributed by atoms with van der Waals surface area (Å²) in [5.41, 5.74) is 5.66. The van der Waals surface area contributed by atoms with E-state index in [0.29, 0.717) is 11.1 Å². The summed E-state index contributed by atoms with van der Waals surface area (Å²) in [6, 6.07) is 6.48. The first-order chi connectivity index (χ1) is 13.8. The molecular weight excluding hydrogens is 410 g/mol. The highest BCUT2D eigenvalue weighted by atomic mass is 32.2. The molecule has 0 radical (unpaired) electrons. The smallest absolute Gasteiger partial charge is 0.240 e. The van der Waals surface area contributed by atoms with Crippen LogP contribution in [0.3, 0.4) is 0 Å². The van der Waals surface area contributed by atoms with Crippen LogP contribution in [-0.2, 0) is 0 Å². The molecule has 4 heterocycles. The third kappa shape index (κ3) is 3.86. The van der Waals surface area contributed by atoms with Gasteiger partial charge in [0.1, 0.15) is 11.3 Å². The molecule has 1 atom stereocenters. The Kier molecular flexibility index (Phi) is 5.17. The second-order valence-corrected chi connectivity index (χ2v) is 8.95. The van der Waals surface area contributed by atoms with E-state index in [1.165, 1.54) is 24.4 Å². The molecule has 1 fully saturated rings. The number of thiazole rings is 1. The maximum absolute atomic E-state index is 4.80. The number of fused-ring (bicyclic) bond motifs is 1. The van der Waals surface area contributed by atoms with Gasteiger partial charge in [-0.3, -0.25) is 0 Å². The largest absolute Gasteiger partial charge is 0.310 e. The summed E-state index contributed by atoms with van der Waals surface area (Å²) in [6.45, 7) is 1.02. The summed E-state index contributed by atoms with van der Waals surface area (Å²) in [7, 11) is 0. The highest BCUT2D eigenvalue weighted by Gasteiger charge is 2.21. The van der Waals surface area contributed by atoms with Crippen LogP contribution in [-0.4, -0.2) is 30.9 Å². The van der Waals surface area contributed by atoms with Crippen LogP contribution in [0.25, 0.3) is 10.2 Å². The quantitative estimate of drug-likeness (QED) is 0.445. The number of aromatic nitrogens is 5. The number of anilines is 2. The van der Waals surface area contributed by atoms with Gasteiger partial charge in [-0.25, -0.2) is 19.9 Å². The van der Waals surface area contributed by atoms with Crippen LogP contribution in [0, 0.1) is 0 Å². The lowest BCUT2D eigenvalue weighted by molar-refractivity contribution is 0.411. The van der Waals surface area contributed by atoms with E-state index in [-0.39, 0.29) is 6.04 Å². The molecule has 1 unspecified atom stereocenters. The third-order valence-electron chi connectivity index (χ3n) is 4.58. The van der Waals surface area contributed by atoms with Gasteiger partial charge in [0.2, 0.25) is 5.95 Å². The molecule has 142 valence electrons. The number of hydrogen-bond acceptors (Lipinski definition) is 10. The molecule has 0 saturated carbocycles. The minimum absolute atomic E-state index is 0.252. The van der Waals surface area contributed by atoms with Crippen LogP contribution in [0.15, 0.2) is 45.5 Å². The maximum atomic E-state index is 4.80. The lowest BCUT2D eigenvalue weighted by Crippen LogP contribution is -2.27. The van der Waals surface area contributed by atoms with Crippen molar-refractivity contribution in [3.05, 3.63) is 41.0 Å². The summed E-state index contributed by atoms with van der Waals surface area (Å²) in [5, 5.41) is 7.54. The number of rotatable bonds is 5. The zero-order valence-electron chi connectivity index (χ0n) is 14.8. The van der Waals surface area contributed by atoms with E-state index >= 15 is 0 Å². The van der Waals surface area contributed by atoms with E-state index < -0.39 is 0 Å². The predicted molar refractivity (Wildman–Crippen MR) is 114 cm³/mol. The van der Waals surface area contributed by atoms with Crippen LogP contribution in [0.5, 0.6) is 0 Å². The fourth-order valence-corrected chi connectivity index (χ4v) is 5.18. The van der Waals surface area contributed by atoms with Crippen molar-refractivity contribution < 1.29 is 0 Å². The SMILES string of the molecule is c1nc(Nc2nc(Sc3ccc4ncsc4c3)ncc2C2CCCCN2)ns1. The summed E-state index contributed by atoms with van der Waals surface area (Å²) in [5.74, 6) is 1.34. The molecule has 0 aliphatic carbocycles. The average molecular weight is 428 g/mol. The number of nitrogens with one attached hydrogen (secondary N) is 2. The minimum Gasteiger partial charge on any atom is -0.310 e. The zero-order chi connectivity index (χ0) is 18.8. The Balaban J connectivity index is 1.46. The Morgan fingerprint density at radius 3 is 3.00 bits per heavy atom. The molecule has 1 aliphatic heterocycles. The van der Waals surface area contributed by atoms with Crippen LogP contribution in [0.1, 0.15) is 30.9 Å². The van der Waals surface area contributed by atoms with E-state index in [1.807, 2.05) is 17.8 Å². The summed E-state index contributed by atoms with van der Waals surface area (Å²) < 4.78 is 5.43. The fourth-order valence-electron chi connectivity index (χ4n) is 3.23. The van der Waals surface area contributed by atoms with Crippen LogP contribution in [0.2, 0.25) is 0 Å². The van der Waals surface area contributed by atoms with Crippen molar-refractivity contribution in [2.24, 2.45) is 0 Å². The minimum atomic E-state index is 0.252. The van der Waals surface area contributed by atoms with Gasteiger partial charge < -0.3 is 10.6 Å². The summed E-state index contributed by atoms with van der Waals surface area (Å²) >= 11 is 4.50. The molecular formula is C18H17N7S3. The van der Waals surface area contributed by atoms with Crippen molar-refractivity contribution in [2.45, 2.75) is 35.4 Å². The van der Waals surface area contributed by atoms with Crippen molar-refractivity contribution in [1.29, 1.82) is 0 Å². The van der Waals surface area contributed by atoms with E-state index in [0.717, 1.165) is 39.5 Å². The van der Waals surface area contributed by atoms with Gasteiger partial charge in [0.25, 0.3) is 0 Å². The van der Waals surface area contributed by atoms with Gasteiger partial charge in [-0.2, -0.15) is 4.37 Å². The molecule has 1 aromatic carbocycles. The molecule has 1 saturated heterocycles. The molecule has 4 aromatic rings. The predicted octanol–water partition coefficient (Wildman–Crippen LogP) is 4.65. The molecule has 0 amide bonds. The van der Waals surface area contributed by atoms with Gasteiger partial charge in [0, 0.05) is 22.7 Å². The van der Waals surface area contributed by atoms with E-state index in [4.69, 9.17) is 4.98 Å². The first-order valence-corrected chi connectivity index (χ1v) is 11.5. The Morgan fingerprint density at radius 2 is 2.14 bits per heavy atom. The molecule has 5 rings (SSSR count). The molecule has 28 heavy (non-hydrogen) atoms. The second kappa shape index (κ2) is 8.08. The van der Waals surface area contributed by atoms with Crippen LogP contribution >= 0.6 is 34.6 Å². The maximum Gasteiger partial charge on any atom is 0.240 e. The van der Waals surface area contributed by atoms with Crippen molar-refractivity contribution in [2.75, 3.05) is 11.9 Å². The van der Waals surface area contributed by atoms with Crippen molar-refractivity contribution in [1.82, 2.24) is 29.6 Å². The lowest BCUT2D eigenvalue weighted by atomic mass is 9.99.